The van der Waals surface area contributed by atoms with Gasteiger partial charge in [-0.2, -0.15) is 8.78 Å². The predicted octanol–water partition coefficient (Wildman–Crippen LogP) is 3.74. The molecule has 0 saturated heterocycles. The predicted molar refractivity (Wildman–Crippen MR) is 109 cm³/mol. The van der Waals surface area contributed by atoms with Gasteiger partial charge in [-0.1, -0.05) is 12.1 Å². The first kappa shape index (κ1) is 23.0. The van der Waals surface area contributed by atoms with Gasteiger partial charge in [-0.3, -0.25) is 4.98 Å². The minimum absolute atomic E-state index is 0. The third kappa shape index (κ3) is 8.02. The number of nitrogens with zero attached hydrogens (tertiary/aromatic N) is 2. The van der Waals surface area contributed by atoms with Crippen molar-refractivity contribution in [1.29, 1.82) is 0 Å². The smallest absolute Gasteiger partial charge is 0.387 e. The Labute approximate surface area is 173 Å². The molecule has 0 atom stereocenters. The van der Waals surface area contributed by atoms with E-state index >= 15 is 0 Å². The highest BCUT2D eigenvalue weighted by Crippen LogP contribution is 2.24. The van der Waals surface area contributed by atoms with E-state index in [4.69, 9.17) is 0 Å². The number of hydrogen-bond acceptors (Lipinski definition) is 3. The molecular formula is C18H22F3IN4O. The summed E-state index contributed by atoms with van der Waals surface area (Å²) in [5, 5.41) is 6.13. The quantitative estimate of drug-likeness (QED) is 0.334. The summed E-state index contributed by atoms with van der Waals surface area (Å²) < 4.78 is 43.3. The number of hydrogen-bond donors (Lipinski definition) is 2. The number of halogens is 4. The molecule has 1 heterocycles. The lowest BCUT2D eigenvalue weighted by molar-refractivity contribution is -0.0506. The SMILES string of the molecule is CCNC(=NCc1c(F)cccc1OC(F)F)NCCc1ccccn1.I. The van der Waals surface area contributed by atoms with Crippen LogP contribution in [0.1, 0.15) is 18.2 Å². The molecule has 1 aromatic heterocycles. The van der Waals surface area contributed by atoms with Crippen molar-refractivity contribution >= 4 is 29.9 Å². The van der Waals surface area contributed by atoms with E-state index in [0.717, 1.165) is 5.69 Å². The Morgan fingerprint density at radius 3 is 2.67 bits per heavy atom. The van der Waals surface area contributed by atoms with Crippen molar-refractivity contribution in [3.05, 3.63) is 59.7 Å². The molecule has 2 rings (SSSR count). The summed E-state index contributed by atoms with van der Waals surface area (Å²) in [7, 11) is 0. The molecule has 148 valence electrons. The lowest BCUT2D eigenvalue weighted by atomic mass is 10.2. The van der Waals surface area contributed by atoms with Crippen molar-refractivity contribution in [2.75, 3.05) is 13.1 Å². The van der Waals surface area contributed by atoms with Crippen LogP contribution >= 0.6 is 24.0 Å². The summed E-state index contributed by atoms with van der Waals surface area (Å²) in [6, 6.07) is 9.46. The molecule has 1 aromatic carbocycles. The number of ether oxygens (including phenoxy) is 1. The van der Waals surface area contributed by atoms with Gasteiger partial charge in [0.1, 0.15) is 11.6 Å². The molecule has 0 unspecified atom stereocenters. The molecule has 0 aliphatic carbocycles. The average molecular weight is 494 g/mol. The van der Waals surface area contributed by atoms with E-state index in [9.17, 15) is 13.2 Å². The minimum atomic E-state index is -3.02. The summed E-state index contributed by atoms with van der Waals surface area (Å²) in [6.07, 6.45) is 2.40. The van der Waals surface area contributed by atoms with E-state index in [2.05, 4.69) is 25.3 Å². The van der Waals surface area contributed by atoms with Crippen molar-refractivity contribution in [3.63, 3.8) is 0 Å². The average Bonchev–Trinajstić information content (AvgIpc) is 2.61. The van der Waals surface area contributed by atoms with Crippen LogP contribution in [0.15, 0.2) is 47.6 Å². The zero-order chi connectivity index (χ0) is 18.8. The summed E-state index contributed by atoms with van der Waals surface area (Å²) in [5.41, 5.74) is 0.910. The summed E-state index contributed by atoms with van der Waals surface area (Å²) >= 11 is 0. The van der Waals surface area contributed by atoms with Gasteiger partial charge >= 0.3 is 6.61 Å². The minimum Gasteiger partial charge on any atom is -0.434 e. The molecule has 0 bridgehead atoms. The first-order valence-electron chi connectivity index (χ1n) is 8.24. The number of rotatable bonds is 8. The van der Waals surface area contributed by atoms with Crippen molar-refractivity contribution in [2.45, 2.75) is 26.5 Å². The fourth-order valence-corrected chi connectivity index (χ4v) is 2.25. The molecule has 5 nitrogen and oxygen atoms in total. The van der Waals surface area contributed by atoms with Crippen molar-refractivity contribution < 1.29 is 17.9 Å². The topological polar surface area (TPSA) is 58.5 Å². The summed E-state index contributed by atoms with van der Waals surface area (Å²) in [6.45, 7) is -0.0877. The molecule has 9 heteroatoms. The van der Waals surface area contributed by atoms with E-state index in [1.165, 1.54) is 18.2 Å². The molecular weight excluding hydrogens is 472 g/mol. The summed E-state index contributed by atoms with van der Waals surface area (Å²) in [5.74, 6) is -0.404. The molecule has 0 aliphatic rings. The zero-order valence-corrected chi connectivity index (χ0v) is 17.1. The molecule has 0 amide bonds. The monoisotopic (exact) mass is 494 g/mol. The molecule has 0 radical (unpaired) electrons. The maximum absolute atomic E-state index is 14.0. The van der Waals surface area contributed by atoms with E-state index < -0.39 is 12.4 Å². The first-order valence-corrected chi connectivity index (χ1v) is 8.24. The van der Waals surface area contributed by atoms with Gasteiger partial charge in [0.15, 0.2) is 5.96 Å². The van der Waals surface area contributed by atoms with Crippen LogP contribution in [0.4, 0.5) is 13.2 Å². The second kappa shape index (κ2) is 12.4. The van der Waals surface area contributed by atoms with Gasteiger partial charge in [0.25, 0.3) is 0 Å². The second-order valence-corrected chi connectivity index (χ2v) is 5.29. The number of benzene rings is 1. The number of alkyl halides is 2. The first-order chi connectivity index (χ1) is 12.6. The Balaban J connectivity index is 0.00000364. The van der Waals surface area contributed by atoms with Crippen LogP contribution in [0.25, 0.3) is 0 Å². The van der Waals surface area contributed by atoms with E-state index in [0.29, 0.717) is 25.5 Å². The maximum Gasteiger partial charge on any atom is 0.387 e. The van der Waals surface area contributed by atoms with Crippen LogP contribution in [0.2, 0.25) is 0 Å². The fraction of sp³-hybridized carbons (Fsp3) is 0.333. The van der Waals surface area contributed by atoms with Crippen molar-refractivity contribution in [3.8, 4) is 5.75 Å². The highest BCUT2D eigenvalue weighted by atomic mass is 127. The van der Waals surface area contributed by atoms with E-state index in [1.54, 1.807) is 6.20 Å². The van der Waals surface area contributed by atoms with Crippen LogP contribution in [0.3, 0.4) is 0 Å². The Kier molecular flexibility index (Phi) is 10.5. The van der Waals surface area contributed by atoms with Gasteiger partial charge in [-0.05, 0) is 31.2 Å². The van der Waals surface area contributed by atoms with Crippen molar-refractivity contribution in [2.24, 2.45) is 4.99 Å². The van der Waals surface area contributed by atoms with Gasteiger partial charge in [0.05, 0.1) is 12.1 Å². The van der Waals surface area contributed by atoms with Gasteiger partial charge in [-0.15, -0.1) is 24.0 Å². The third-order valence-electron chi connectivity index (χ3n) is 3.43. The zero-order valence-electron chi connectivity index (χ0n) is 14.8. The molecule has 0 aliphatic heterocycles. The maximum atomic E-state index is 14.0. The number of guanidine groups is 1. The molecule has 0 saturated carbocycles. The van der Waals surface area contributed by atoms with Gasteiger partial charge in [0.2, 0.25) is 0 Å². The lowest BCUT2D eigenvalue weighted by Gasteiger charge is -2.13. The number of pyridine rings is 1. The normalized spacial score (nSPS) is 11.1. The van der Waals surface area contributed by atoms with Gasteiger partial charge in [0, 0.05) is 31.4 Å². The second-order valence-electron chi connectivity index (χ2n) is 5.29. The number of nitrogens with one attached hydrogen (secondary N) is 2. The standard InChI is InChI=1S/C18H21F3N4O.HI/c1-2-22-18(24-11-9-13-6-3-4-10-23-13)25-12-14-15(19)7-5-8-16(14)26-17(20)21;/h3-8,10,17H,2,9,11-12H2,1H3,(H2,22,24,25);1H. The highest BCUT2D eigenvalue weighted by molar-refractivity contribution is 14.0. The van der Waals surface area contributed by atoms with Crippen LogP contribution in [-0.4, -0.2) is 30.6 Å². The molecule has 0 fully saturated rings. The molecule has 2 aromatic rings. The molecule has 2 N–H and O–H groups in total. The van der Waals surface area contributed by atoms with Gasteiger partial charge in [-0.25, -0.2) is 9.38 Å². The van der Waals surface area contributed by atoms with E-state index in [-0.39, 0.29) is 41.8 Å². The summed E-state index contributed by atoms with van der Waals surface area (Å²) in [4.78, 5) is 8.48. The Hall–Kier alpha value is -2.04. The van der Waals surface area contributed by atoms with Crippen LogP contribution < -0.4 is 15.4 Å². The molecule has 27 heavy (non-hydrogen) atoms. The number of aliphatic imine (C=N–C) groups is 1. The van der Waals surface area contributed by atoms with Crippen LogP contribution in [0, 0.1) is 5.82 Å². The fourth-order valence-electron chi connectivity index (χ4n) is 2.25. The van der Waals surface area contributed by atoms with Crippen molar-refractivity contribution in [1.82, 2.24) is 15.6 Å². The van der Waals surface area contributed by atoms with E-state index in [1.807, 2.05) is 25.1 Å². The lowest BCUT2D eigenvalue weighted by Crippen LogP contribution is -2.38. The van der Waals surface area contributed by atoms with Gasteiger partial charge < -0.3 is 15.4 Å². The number of aromatic nitrogens is 1. The van der Waals surface area contributed by atoms with Crippen LogP contribution in [0.5, 0.6) is 5.75 Å². The molecule has 0 spiro atoms. The van der Waals surface area contributed by atoms with Crippen LogP contribution in [-0.2, 0) is 13.0 Å². The largest absolute Gasteiger partial charge is 0.434 e. The third-order valence-corrected chi connectivity index (χ3v) is 3.43. The Morgan fingerprint density at radius 1 is 1.19 bits per heavy atom. The Bertz CT molecular complexity index is 717. The highest BCUT2D eigenvalue weighted by Gasteiger charge is 2.13. The Morgan fingerprint density at radius 2 is 2.00 bits per heavy atom.